The highest BCUT2D eigenvalue weighted by molar-refractivity contribution is 6.38. The quantitative estimate of drug-likeness (QED) is 0.255. The summed E-state index contributed by atoms with van der Waals surface area (Å²) in [4.78, 5) is 87.0. The Bertz CT molecular complexity index is 1150. The van der Waals surface area contributed by atoms with Crippen LogP contribution in [0.3, 0.4) is 0 Å². The summed E-state index contributed by atoms with van der Waals surface area (Å²) in [5.74, 6) is -4.14. The fraction of sp³-hybridized carbons (Fsp3) is 0.643. The van der Waals surface area contributed by atoms with Crippen LogP contribution < -0.4 is 21.3 Å². The predicted octanol–water partition coefficient (Wildman–Crippen LogP) is 0.107. The van der Waals surface area contributed by atoms with Crippen molar-refractivity contribution in [3.63, 3.8) is 0 Å². The molecule has 4 N–H and O–H groups in total. The minimum absolute atomic E-state index is 0.0288. The Kier molecular flexibility index (Phi) is 10.5. The summed E-state index contributed by atoms with van der Waals surface area (Å²) in [6.45, 7) is 7.75. The Balaban J connectivity index is 1.78. The number of likely N-dealkylation sites (N-methyl/N-ethyl adjacent to an activating group) is 1. The van der Waals surface area contributed by atoms with E-state index in [0.29, 0.717) is 13.0 Å². The van der Waals surface area contributed by atoms with Crippen molar-refractivity contribution in [1.82, 2.24) is 36.1 Å². The molecule has 2 aliphatic rings. The summed E-state index contributed by atoms with van der Waals surface area (Å²) < 4.78 is 0. The van der Waals surface area contributed by atoms with Crippen LogP contribution in [0.4, 0.5) is 0 Å². The highest BCUT2D eigenvalue weighted by Crippen LogP contribution is 2.25. The summed E-state index contributed by atoms with van der Waals surface area (Å²) in [6.07, 6.45) is 7.07. The molecule has 1 aliphatic carbocycles. The van der Waals surface area contributed by atoms with Crippen LogP contribution in [-0.2, 0) is 24.0 Å². The second-order valence-electron chi connectivity index (χ2n) is 12.1. The molecule has 0 bridgehead atoms. The van der Waals surface area contributed by atoms with E-state index in [-0.39, 0.29) is 30.5 Å². The fourth-order valence-electron chi connectivity index (χ4n) is 4.68. The minimum Gasteiger partial charge on any atom is -0.356 e. The number of hydrogen-bond donors (Lipinski definition) is 4. The molecule has 1 saturated heterocycles. The SMILES string of the molecule is C[C@@H](NC(=O)c1cnccn1)C(=O)N(C)[C@@H](CC(C)(C)C)C(=O)N[C@@H](C[C@@H]1CCCNC1=O)C(=O)C(=O)NC1CC1. The Labute approximate surface area is 240 Å². The summed E-state index contributed by atoms with van der Waals surface area (Å²) in [6, 6.07) is -3.33. The fourth-order valence-corrected chi connectivity index (χ4v) is 4.68. The first-order chi connectivity index (χ1) is 19.3. The van der Waals surface area contributed by atoms with Crippen LogP contribution in [0.15, 0.2) is 18.6 Å². The summed E-state index contributed by atoms with van der Waals surface area (Å²) in [5, 5.41) is 10.7. The first-order valence-corrected chi connectivity index (χ1v) is 14.0. The van der Waals surface area contributed by atoms with E-state index in [1.165, 1.54) is 37.5 Å². The van der Waals surface area contributed by atoms with Gasteiger partial charge in [-0.2, -0.15) is 0 Å². The molecule has 0 unspecified atom stereocenters. The molecule has 4 atom stereocenters. The smallest absolute Gasteiger partial charge is 0.289 e. The monoisotopic (exact) mass is 571 g/mol. The van der Waals surface area contributed by atoms with Crippen LogP contribution >= 0.6 is 0 Å². The lowest BCUT2D eigenvalue weighted by atomic mass is 9.86. The van der Waals surface area contributed by atoms with Gasteiger partial charge in [-0.1, -0.05) is 20.8 Å². The van der Waals surface area contributed by atoms with Gasteiger partial charge in [0.15, 0.2) is 0 Å². The maximum atomic E-state index is 13.7. The van der Waals surface area contributed by atoms with Gasteiger partial charge >= 0.3 is 0 Å². The third kappa shape index (κ3) is 9.32. The van der Waals surface area contributed by atoms with Crippen molar-refractivity contribution in [3.05, 3.63) is 24.3 Å². The van der Waals surface area contributed by atoms with Gasteiger partial charge in [-0.25, -0.2) is 4.98 Å². The number of carbonyl (C=O) groups excluding carboxylic acids is 6. The number of hydrogen-bond acceptors (Lipinski definition) is 8. The van der Waals surface area contributed by atoms with Crippen molar-refractivity contribution >= 4 is 35.3 Å². The average Bonchev–Trinajstić information content (AvgIpc) is 3.75. The molecule has 1 saturated carbocycles. The first-order valence-electron chi connectivity index (χ1n) is 14.0. The minimum atomic E-state index is -1.24. The van der Waals surface area contributed by atoms with E-state index >= 15 is 0 Å². The molecular formula is C28H41N7O6. The molecule has 41 heavy (non-hydrogen) atoms. The number of carbonyl (C=O) groups is 6. The van der Waals surface area contributed by atoms with Gasteiger partial charge in [0.2, 0.25) is 23.5 Å². The second-order valence-corrected chi connectivity index (χ2v) is 12.1. The normalized spacial score (nSPS) is 19.1. The number of amides is 5. The van der Waals surface area contributed by atoms with Gasteiger partial charge in [-0.3, -0.25) is 33.8 Å². The maximum absolute atomic E-state index is 13.7. The number of nitrogens with one attached hydrogen (secondary N) is 4. The molecule has 5 amide bonds. The highest BCUT2D eigenvalue weighted by Gasteiger charge is 2.39. The highest BCUT2D eigenvalue weighted by atomic mass is 16.2. The Morgan fingerprint density at radius 1 is 1.10 bits per heavy atom. The van der Waals surface area contributed by atoms with Gasteiger partial charge in [-0.05, 0) is 50.9 Å². The van der Waals surface area contributed by atoms with E-state index in [4.69, 9.17) is 0 Å². The van der Waals surface area contributed by atoms with Crippen molar-refractivity contribution in [2.75, 3.05) is 13.6 Å². The van der Waals surface area contributed by atoms with Crippen LogP contribution in [0.1, 0.15) is 76.7 Å². The van der Waals surface area contributed by atoms with Crippen molar-refractivity contribution in [1.29, 1.82) is 0 Å². The molecule has 0 spiro atoms. The lowest BCUT2D eigenvalue weighted by Crippen LogP contribution is -2.58. The van der Waals surface area contributed by atoms with Crippen LogP contribution in [0.25, 0.3) is 0 Å². The van der Waals surface area contributed by atoms with Crippen molar-refractivity contribution in [2.24, 2.45) is 11.3 Å². The molecule has 13 heteroatoms. The van der Waals surface area contributed by atoms with Crippen LogP contribution in [-0.4, -0.2) is 87.9 Å². The van der Waals surface area contributed by atoms with Gasteiger partial charge in [0, 0.05) is 37.9 Å². The van der Waals surface area contributed by atoms with Crippen molar-refractivity contribution < 1.29 is 28.8 Å². The number of ketones is 1. The third-order valence-electron chi connectivity index (χ3n) is 7.13. The molecule has 13 nitrogen and oxygen atoms in total. The summed E-state index contributed by atoms with van der Waals surface area (Å²) >= 11 is 0. The van der Waals surface area contributed by atoms with Gasteiger partial charge < -0.3 is 26.2 Å². The zero-order valence-electron chi connectivity index (χ0n) is 24.4. The van der Waals surface area contributed by atoms with Crippen molar-refractivity contribution in [3.8, 4) is 0 Å². The van der Waals surface area contributed by atoms with Crippen LogP contribution in [0, 0.1) is 11.3 Å². The third-order valence-corrected chi connectivity index (χ3v) is 7.13. The lowest BCUT2D eigenvalue weighted by molar-refractivity contribution is -0.144. The first kappa shape index (κ1) is 31.6. The molecule has 1 aromatic heterocycles. The van der Waals surface area contributed by atoms with E-state index in [9.17, 15) is 28.8 Å². The number of rotatable bonds is 12. The maximum Gasteiger partial charge on any atom is 0.289 e. The molecule has 2 heterocycles. The largest absolute Gasteiger partial charge is 0.356 e. The molecule has 0 aromatic carbocycles. The number of Topliss-reactive ketones (excluding diaryl/α,β-unsaturated/α-hetero) is 1. The number of piperidine rings is 1. The van der Waals surface area contributed by atoms with E-state index in [1.54, 1.807) is 0 Å². The zero-order valence-corrected chi connectivity index (χ0v) is 24.4. The summed E-state index contributed by atoms with van der Waals surface area (Å²) in [7, 11) is 1.45. The second kappa shape index (κ2) is 13.6. The Morgan fingerprint density at radius 3 is 2.39 bits per heavy atom. The van der Waals surface area contributed by atoms with E-state index < -0.39 is 58.9 Å². The Morgan fingerprint density at radius 2 is 1.80 bits per heavy atom. The molecular weight excluding hydrogens is 530 g/mol. The van der Waals surface area contributed by atoms with E-state index in [0.717, 1.165) is 19.3 Å². The van der Waals surface area contributed by atoms with Gasteiger partial charge in [0.1, 0.15) is 17.8 Å². The van der Waals surface area contributed by atoms with Crippen LogP contribution in [0.5, 0.6) is 0 Å². The Hall–Kier alpha value is -3.90. The van der Waals surface area contributed by atoms with E-state index in [1.807, 2.05) is 20.8 Å². The molecule has 1 aromatic rings. The molecule has 224 valence electrons. The standard InChI is InChI=1S/C28H41N7O6/c1-16(32-24(38)20-15-29-11-12-30-20)27(41)35(5)21(14-28(2,3)4)25(39)34-19(13-17-7-6-10-31-23(17)37)22(36)26(40)33-18-8-9-18/h11-12,15-19,21H,6-10,13-14H2,1-5H3,(H,31,37)(H,32,38)(H,33,40)(H,34,39)/t16-,17+,19+,21+/m1/s1. The summed E-state index contributed by atoms with van der Waals surface area (Å²) in [5.41, 5.74) is -0.370. The average molecular weight is 572 g/mol. The lowest BCUT2D eigenvalue weighted by Gasteiger charge is -2.35. The zero-order chi connectivity index (χ0) is 30.3. The number of aromatic nitrogens is 2. The molecule has 3 rings (SSSR count). The predicted molar refractivity (Wildman–Crippen MR) is 148 cm³/mol. The van der Waals surface area contributed by atoms with Crippen LogP contribution in [0.2, 0.25) is 0 Å². The van der Waals surface area contributed by atoms with Crippen molar-refractivity contribution in [2.45, 2.75) is 90.4 Å². The van der Waals surface area contributed by atoms with Gasteiger partial charge in [-0.15, -0.1) is 0 Å². The van der Waals surface area contributed by atoms with E-state index in [2.05, 4.69) is 31.2 Å². The van der Waals surface area contributed by atoms with Gasteiger partial charge in [0.25, 0.3) is 11.8 Å². The van der Waals surface area contributed by atoms with Gasteiger partial charge in [0.05, 0.1) is 12.2 Å². The molecule has 0 radical (unpaired) electrons. The number of nitrogens with zero attached hydrogens (tertiary/aromatic N) is 3. The molecule has 1 aliphatic heterocycles. The molecule has 2 fully saturated rings. The topological polar surface area (TPSA) is 180 Å².